The lowest BCUT2D eigenvalue weighted by Gasteiger charge is -1.98. The maximum Gasteiger partial charge on any atom is 0.232 e. The molecule has 0 fully saturated rings. The van der Waals surface area contributed by atoms with E-state index in [4.69, 9.17) is 5.26 Å². The highest BCUT2D eigenvalue weighted by molar-refractivity contribution is 5.13. The second-order valence-electron chi connectivity index (χ2n) is 2.98. The quantitative estimate of drug-likeness (QED) is 0.658. The highest BCUT2D eigenvalue weighted by Crippen LogP contribution is 2.03. The summed E-state index contributed by atoms with van der Waals surface area (Å²) < 4.78 is 0. The van der Waals surface area contributed by atoms with Gasteiger partial charge in [0, 0.05) is 12.4 Å². The molecular formula is C10H13N3. The molecule has 0 aliphatic rings. The third kappa shape index (κ3) is 3.20. The van der Waals surface area contributed by atoms with E-state index in [1.807, 2.05) is 6.07 Å². The van der Waals surface area contributed by atoms with Crippen LogP contribution in [0, 0.1) is 11.3 Å². The minimum atomic E-state index is 0.249. The summed E-state index contributed by atoms with van der Waals surface area (Å²) in [4.78, 5) is 7.81. The summed E-state index contributed by atoms with van der Waals surface area (Å²) in [5, 5.41) is 8.47. The molecule has 0 saturated carbocycles. The number of hydrogen-bond donors (Lipinski definition) is 0. The fourth-order valence-electron chi connectivity index (χ4n) is 1.12. The Balaban J connectivity index is 2.46. The van der Waals surface area contributed by atoms with E-state index in [9.17, 15) is 0 Å². The molecule has 13 heavy (non-hydrogen) atoms. The summed E-state index contributed by atoms with van der Waals surface area (Å²) >= 11 is 0. The van der Waals surface area contributed by atoms with Crippen molar-refractivity contribution in [2.45, 2.75) is 32.6 Å². The molecule has 1 aromatic rings. The Morgan fingerprint density at radius 2 is 2.00 bits per heavy atom. The normalized spacial score (nSPS) is 9.54. The van der Waals surface area contributed by atoms with E-state index in [0.717, 1.165) is 12.0 Å². The van der Waals surface area contributed by atoms with Crippen molar-refractivity contribution in [2.75, 3.05) is 0 Å². The van der Waals surface area contributed by atoms with Gasteiger partial charge in [-0.25, -0.2) is 9.97 Å². The minimum absolute atomic E-state index is 0.249. The molecule has 68 valence electrons. The van der Waals surface area contributed by atoms with Crippen LogP contribution < -0.4 is 0 Å². The van der Waals surface area contributed by atoms with Gasteiger partial charge in [-0.3, -0.25) is 0 Å². The van der Waals surface area contributed by atoms with Crippen LogP contribution in [0.15, 0.2) is 12.4 Å². The van der Waals surface area contributed by atoms with Crippen LogP contribution in [0.25, 0.3) is 0 Å². The summed E-state index contributed by atoms with van der Waals surface area (Å²) in [5.41, 5.74) is 1.12. The number of nitriles is 1. The number of rotatable bonds is 4. The Hall–Kier alpha value is -1.43. The molecule has 0 aromatic carbocycles. The van der Waals surface area contributed by atoms with E-state index in [-0.39, 0.29) is 5.82 Å². The molecule has 0 amide bonds. The molecule has 0 spiro atoms. The maximum atomic E-state index is 8.47. The third-order valence-corrected chi connectivity index (χ3v) is 1.87. The van der Waals surface area contributed by atoms with Crippen molar-refractivity contribution >= 4 is 0 Å². The van der Waals surface area contributed by atoms with E-state index in [0.29, 0.717) is 0 Å². The van der Waals surface area contributed by atoms with E-state index in [1.165, 1.54) is 19.3 Å². The Bertz CT molecular complexity index is 284. The molecule has 0 bridgehead atoms. The Morgan fingerprint density at radius 3 is 2.54 bits per heavy atom. The summed E-state index contributed by atoms with van der Waals surface area (Å²) in [6.45, 7) is 2.18. The zero-order valence-corrected chi connectivity index (χ0v) is 7.82. The van der Waals surface area contributed by atoms with Crippen molar-refractivity contribution < 1.29 is 0 Å². The zero-order chi connectivity index (χ0) is 9.52. The molecule has 0 radical (unpaired) electrons. The van der Waals surface area contributed by atoms with Gasteiger partial charge in [0.1, 0.15) is 6.07 Å². The average Bonchev–Trinajstić information content (AvgIpc) is 2.19. The third-order valence-electron chi connectivity index (χ3n) is 1.87. The zero-order valence-electron chi connectivity index (χ0n) is 7.82. The molecule has 0 atom stereocenters. The van der Waals surface area contributed by atoms with Crippen LogP contribution in [0.2, 0.25) is 0 Å². The monoisotopic (exact) mass is 175 g/mol. The predicted molar refractivity (Wildman–Crippen MR) is 50.0 cm³/mol. The van der Waals surface area contributed by atoms with Crippen LogP contribution in [-0.4, -0.2) is 9.97 Å². The van der Waals surface area contributed by atoms with Gasteiger partial charge in [-0.05, 0) is 18.4 Å². The van der Waals surface area contributed by atoms with Crippen LogP contribution >= 0.6 is 0 Å². The number of aryl methyl sites for hydroxylation is 1. The van der Waals surface area contributed by atoms with E-state index in [1.54, 1.807) is 12.4 Å². The van der Waals surface area contributed by atoms with Gasteiger partial charge in [0.25, 0.3) is 0 Å². The molecule has 3 nitrogen and oxygen atoms in total. The average molecular weight is 175 g/mol. The Labute approximate surface area is 78.5 Å². The molecule has 1 rings (SSSR count). The van der Waals surface area contributed by atoms with E-state index in [2.05, 4.69) is 16.9 Å². The van der Waals surface area contributed by atoms with Crippen LogP contribution in [0.1, 0.15) is 37.6 Å². The summed E-state index contributed by atoms with van der Waals surface area (Å²) in [7, 11) is 0. The second kappa shape index (κ2) is 5.26. The molecule has 0 saturated heterocycles. The van der Waals surface area contributed by atoms with Gasteiger partial charge in [-0.2, -0.15) is 5.26 Å². The first kappa shape index (κ1) is 9.66. The van der Waals surface area contributed by atoms with Gasteiger partial charge in [0.15, 0.2) is 0 Å². The first-order valence-corrected chi connectivity index (χ1v) is 4.58. The first-order valence-electron chi connectivity index (χ1n) is 4.58. The van der Waals surface area contributed by atoms with Crippen LogP contribution in [0.3, 0.4) is 0 Å². The van der Waals surface area contributed by atoms with Gasteiger partial charge in [-0.1, -0.05) is 19.8 Å². The summed E-state index contributed by atoms with van der Waals surface area (Å²) in [6, 6.07) is 1.90. The van der Waals surface area contributed by atoms with Crippen LogP contribution in [0.4, 0.5) is 0 Å². The number of hydrogen-bond acceptors (Lipinski definition) is 3. The number of aromatic nitrogens is 2. The number of unbranched alkanes of at least 4 members (excludes halogenated alkanes) is 2. The van der Waals surface area contributed by atoms with Crippen molar-refractivity contribution in [1.82, 2.24) is 9.97 Å². The fourth-order valence-corrected chi connectivity index (χ4v) is 1.12. The lowest BCUT2D eigenvalue weighted by Crippen LogP contribution is -1.92. The van der Waals surface area contributed by atoms with Gasteiger partial charge in [0.05, 0.1) is 0 Å². The fraction of sp³-hybridized carbons (Fsp3) is 0.500. The van der Waals surface area contributed by atoms with E-state index < -0.39 is 0 Å². The first-order chi connectivity index (χ1) is 6.36. The molecule has 1 heterocycles. The smallest absolute Gasteiger partial charge is 0.227 e. The Kier molecular flexibility index (Phi) is 3.90. The Morgan fingerprint density at radius 1 is 1.31 bits per heavy atom. The standard InChI is InChI=1S/C10H13N3/c1-2-3-4-5-9-7-12-10(6-11)13-8-9/h7-8H,2-5H2,1H3. The lowest BCUT2D eigenvalue weighted by molar-refractivity contribution is 0.713. The second-order valence-corrected chi connectivity index (χ2v) is 2.98. The lowest BCUT2D eigenvalue weighted by atomic mass is 10.1. The van der Waals surface area contributed by atoms with Crippen LogP contribution in [-0.2, 0) is 6.42 Å². The predicted octanol–water partition coefficient (Wildman–Crippen LogP) is 2.08. The molecule has 0 aliphatic heterocycles. The molecule has 0 aliphatic carbocycles. The topological polar surface area (TPSA) is 49.6 Å². The highest BCUT2D eigenvalue weighted by atomic mass is 14.9. The van der Waals surface area contributed by atoms with Gasteiger partial charge < -0.3 is 0 Å². The number of nitrogens with zero attached hydrogens (tertiary/aromatic N) is 3. The molecule has 1 aromatic heterocycles. The van der Waals surface area contributed by atoms with Crippen molar-refractivity contribution in [2.24, 2.45) is 0 Å². The molecular weight excluding hydrogens is 162 g/mol. The van der Waals surface area contributed by atoms with Gasteiger partial charge >= 0.3 is 0 Å². The highest BCUT2D eigenvalue weighted by Gasteiger charge is 1.95. The van der Waals surface area contributed by atoms with Crippen molar-refractivity contribution in [1.29, 1.82) is 5.26 Å². The summed E-state index contributed by atoms with van der Waals surface area (Å²) in [6.07, 6.45) is 8.12. The van der Waals surface area contributed by atoms with Crippen LogP contribution in [0.5, 0.6) is 0 Å². The van der Waals surface area contributed by atoms with Crippen molar-refractivity contribution in [3.63, 3.8) is 0 Å². The molecule has 0 unspecified atom stereocenters. The van der Waals surface area contributed by atoms with E-state index >= 15 is 0 Å². The van der Waals surface area contributed by atoms with Gasteiger partial charge in [-0.15, -0.1) is 0 Å². The molecule has 0 N–H and O–H groups in total. The minimum Gasteiger partial charge on any atom is -0.227 e. The van der Waals surface area contributed by atoms with Crippen molar-refractivity contribution in [3.05, 3.63) is 23.8 Å². The van der Waals surface area contributed by atoms with Crippen molar-refractivity contribution in [3.8, 4) is 6.07 Å². The largest absolute Gasteiger partial charge is 0.232 e. The maximum absolute atomic E-state index is 8.47. The summed E-state index contributed by atoms with van der Waals surface area (Å²) in [5.74, 6) is 0.249. The van der Waals surface area contributed by atoms with Gasteiger partial charge in [0.2, 0.25) is 5.82 Å². The molecule has 3 heteroatoms. The SMILES string of the molecule is CCCCCc1cnc(C#N)nc1.